The molecule has 0 radical (unpaired) electrons. The van der Waals surface area contributed by atoms with E-state index in [0.29, 0.717) is 22.8 Å². The molecule has 4 aromatic rings. The van der Waals surface area contributed by atoms with E-state index in [0.717, 1.165) is 28.2 Å². The van der Waals surface area contributed by atoms with Crippen LogP contribution >= 0.6 is 15.9 Å². The van der Waals surface area contributed by atoms with Gasteiger partial charge in [0.25, 0.3) is 5.56 Å². The van der Waals surface area contributed by atoms with Gasteiger partial charge in [0.15, 0.2) is 0 Å². The van der Waals surface area contributed by atoms with Crippen molar-refractivity contribution in [3.63, 3.8) is 0 Å². The third-order valence-corrected chi connectivity index (χ3v) is 6.17. The summed E-state index contributed by atoms with van der Waals surface area (Å²) in [6.45, 7) is 2.21. The summed E-state index contributed by atoms with van der Waals surface area (Å²) in [7, 11) is 0. The number of halogens is 1. The van der Waals surface area contributed by atoms with Gasteiger partial charge in [0.1, 0.15) is 12.3 Å². The number of nitrogens with zero attached hydrogens (tertiary/aromatic N) is 2. The second-order valence-corrected chi connectivity index (χ2v) is 8.84. The lowest BCUT2D eigenvalue weighted by Crippen LogP contribution is -2.16. The molecule has 6 nitrogen and oxygen atoms in total. The lowest BCUT2D eigenvalue weighted by molar-refractivity contribution is 0.0468. The van der Waals surface area contributed by atoms with Gasteiger partial charge in [-0.05, 0) is 77.0 Å². The Kier molecular flexibility index (Phi) is 4.70. The molecular weight excluding hydrogens is 446 g/mol. The van der Waals surface area contributed by atoms with Gasteiger partial charge in [-0.3, -0.25) is 9.20 Å². The zero-order chi connectivity index (χ0) is 20.8. The van der Waals surface area contributed by atoms with Crippen LogP contribution in [0.2, 0.25) is 0 Å². The van der Waals surface area contributed by atoms with Gasteiger partial charge in [0, 0.05) is 33.3 Å². The molecule has 0 bridgehead atoms. The summed E-state index contributed by atoms with van der Waals surface area (Å²) in [5.74, 6) is 0.222. The smallest absolute Gasteiger partial charge is 0.338 e. The highest BCUT2D eigenvalue weighted by Crippen LogP contribution is 2.32. The van der Waals surface area contributed by atoms with E-state index in [1.807, 2.05) is 18.2 Å². The number of hydrogen-bond donors (Lipinski definition) is 1. The maximum absolute atomic E-state index is 12.7. The van der Waals surface area contributed by atoms with Crippen molar-refractivity contribution in [1.82, 2.24) is 14.4 Å². The van der Waals surface area contributed by atoms with Gasteiger partial charge in [-0.1, -0.05) is 6.92 Å². The number of benzene rings is 1. The molecule has 7 heteroatoms. The molecule has 1 aliphatic carbocycles. The summed E-state index contributed by atoms with van der Waals surface area (Å²) in [5.41, 5.74) is 4.86. The molecule has 1 aliphatic rings. The number of aromatic amines is 1. The molecule has 3 aromatic heterocycles. The quantitative estimate of drug-likeness (QED) is 0.454. The number of fused-ring (bicyclic) bond motifs is 4. The predicted octanol–water partition coefficient (Wildman–Crippen LogP) is 4.42. The van der Waals surface area contributed by atoms with E-state index in [9.17, 15) is 9.59 Å². The fraction of sp³-hybridized carbons (Fsp3) is 0.261. The van der Waals surface area contributed by atoms with Crippen molar-refractivity contribution in [2.75, 3.05) is 0 Å². The highest BCUT2D eigenvalue weighted by atomic mass is 79.9. The molecule has 5 rings (SSSR count). The number of hydrogen-bond acceptors (Lipinski definition) is 4. The Labute approximate surface area is 181 Å². The first kappa shape index (κ1) is 19.1. The Bertz CT molecular complexity index is 1360. The van der Waals surface area contributed by atoms with Crippen molar-refractivity contribution in [3.8, 4) is 0 Å². The minimum Gasteiger partial charge on any atom is -0.456 e. The normalized spacial score (nSPS) is 16.0. The maximum atomic E-state index is 12.7. The summed E-state index contributed by atoms with van der Waals surface area (Å²) in [6.07, 6.45) is 4.91. The van der Waals surface area contributed by atoms with Gasteiger partial charge in [0.05, 0.1) is 11.3 Å². The molecule has 0 unspecified atom stereocenters. The van der Waals surface area contributed by atoms with Gasteiger partial charge in [0.2, 0.25) is 0 Å². The van der Waals surface area contributed by atoms with Crippen LogP contribution in [0.1, 0.15) is 40.7 Å². The SMILES string of the molecule is C[C@H]1CCc2[nH]c3ccc(C(=O)OCc4cc(=O)n5cc(Br)ccc5n4)cc3c2C1. The summed E-state index contributed by atoms with van der Waals surface area (Å²) in [4.78, 5) is 32.9. The average molecular weight is 466 g/mol. The third kappa shape index (κ3) is 3.43. The minimum absolute atomic E-state index is 0.0546. The van der Waals surface area contributed by atoms with E-state index >= 15 is 0 Å². The topological polar surface area (TPSA) is 76.5 Å². The maximum Gasteiger partial charge on any atom is 0.338 e. The number of ether oxygens (including phenoxy) is 1. The van der Waals surface area contributed by atoms with Crippen LogP contribution in [0.15, 0.2) is 51.9 Å². The number of nitrogens with one attached hydrogen (secondary N) is 1. The second kappa shape index (κ2) is 7.40. The summed E-state index contributed by atoms with van der Waals surface area (Å²) in [6, 6.07) is 10.6. The highest BCUT2D eigenvalue weighted by Gasteiger charge is 2.21. The second-order valence-electron chi connectivity index (χ2n) is 7.93. The molecule has 30 heavy (non-hydrogen) atoms. The van der Waals surface area contributed by atoms with Gasteiger partial charge in [-0.15, -0.1) is 0 Å². The Morgan fingerprint density at radius 1 is 1.30 bits per heavy atom. The largest absolute Gasteiger partial charge is 0.456 e. The van der Waals surface area contributed by atoms with E-state index in [1.54, 1.807) is 18.3 Å². The van der Waals surface area contributed by atoms with Crippen LogP contribution in [0, 0.1) is 5.92 Å². The van der Waals surface area contributed by atoms with Gasteiger partial charge in [-0.25, -0.2) is 9.78 Å². The number of H-pyrrole nitrogens is 1. The first-order valence-corrected chi connectivity index (χ1v) is 10.8. The van der Waals surface area contributed by atoms with Crippen LogP contribution in [-0.2, 0) is 24.2 Å². The van der Waals surface area contributed by atoms with E-state index in [4.69, 9.17) is 4.74 Å². The van der Waals surface area contributed by atoms with Gasteiger partial charge < -0.3 is 9.72 Å². The van der Waals surface area contributed by atoms with Crippen LogP contribution in [-0.4, -0.2) is 20.3 Å². The molecule has 0 amide bonds. The van der Waals surface area contributed by atoms with E-state index < -0.39 is 5.97 Å². The number of aryl methyl sites for hydroxylation is 1. The van der Waals surface area contributed by atoms with Crippen molar-refractivity contribution in [2.24, 2.45) is 5.92 Å². The molecule has 3 heterocycles. The van der Waals surface area contributed by atoms with E-state index in [2.05, 4.69) is 32.8 Å². The van der Waals surface area contributed by atoms with E-state index in [1.165, 1.54) is 28.1 Å². The van der Waals surface area contributed by atoms with Gasteiger partial charge in [-0.2, -0.15) is 0 Å². The zero-order valence-corrected chi connectivity index (χ0v) is 18.0. The molecule has 1 atom stereocenters. The molecule has 0 saturated heterocycles. The van der Waals surface area contributed by atoms with Crippen LogP contribution in [0.25, 0.3) is 16.6 Å². The lowest BCUT2D eigenvalue weighted by Gasteiger charge is -2.18. The standard InChI is InChI=1S/C23H20BrN3O3/c1-13-2-5-19-17(8-13)18-9-14(3-6-20(18)26-19)23(29)30-12-16-10-22(28)27-11-15(24)4-7-21(27)25-16/h3-4,6-7,9-11,13,26H,2,5,8,12H2,1H3/t13-/m0/s1. The molecule has 1 aromatic carbocycles. The van der Waals surface area contributed by atoms with Crippen molar-refractivity contribution in [1.29, 1.82) is 0 Å². The van der Waals surface area contributed by atoms with Crippen molar-refractivity contribution < 1.29 is 9.53 Å². The van der Waals surface area contributed by atoms with Crippen molar-refractivity contribution in [3.05, 3.63) is 79.9 Å². The van der Waals surface area contributed by atoms with Crippen molar-refractivity contribution >= 4 is 38.4 Å². The Morgan fingerprint density at radius 3 is 3.03 bits per heavy atom. The first-order valence-electron chi connectivity index (χ1n) is 9.96. The van der Waals surface area contributed by atoms with Gasteiger partial charge >= 0.3 is 5.97 Å². The van der Waals surface area contributed by atoms with E-state index in [-0.39, 0.29) is 12.2 Å². The molecular formula is C23H20BrN3O3. The number of carbonyl (C=O) groups is 1. The highest BCUT2D eigenvalue weighted by molar-refractivity contribution is 9.10. The zero-order valence-electron chi connectivity index (χ0n) is 16.4. The third-order valence-electron chi connectivity index (χ3n) is 5.70. The minimum atomic E-state index is -0.423. The lowest BCUT2D eigenvalue weighted by atomic mass is 9.87. The fourth-order valence-corrected chi connectivity index (χ4v) is 4.48. The number of pyridine rings is 1. The number of carbonyl (C=O) groups excluding carboxylic acids is 1. The van der Waals surface area contributed by atoms with Crippen LogP contribution < -0.4 is 5.56 Å². The fourth-order valence-electron chi connectivity index (χ4n) is 4.14. The predicted molar refractivity (Wildman–Crippen MR) is 118 cm³/mol. The van der Waals surface area contributed by atoms with Crippen LogP contribution in [0.5, 0.6) is 0 Å². The average Bonchev–Trinajstić information content (AvgIpc) is 3.09. The number of rotatable bonds is 3. The monoisotopic (exact) mass is 465 g/mol. The molecule has 0 fully saturated rings. The Balaban J connectivity index is 1.38. The van der Waals surface area contributed by atoms with Crippen LogP contribution in [0.3, 0.4) is 0 Å². The molecule has 152 valence electrons. The summed E-state index contributed by atoms with van der Waals surface area (Å²) < 4.78 is 7.69. The molecule has 0 spiro atoms. The van der Waals surface area contributed by atoms with Crippen LogP contribution in [0.4, 0.5) is 0 Å². The molecule has 0 saturated carbocycles. The number of esters is 1. The molecule has 0 aliphatic heterocycles. The number of aromatic nitrogens is 3. The Hall–Kier alpha value is -2.93. The first-order chi connectivity index (χ1) is 14.5. The Morgan fingerprint density at radius 2 is 2.17 bits per heavy atom. The summed E-state index contributed by atoms with van der Waals surface area (Å²) >= 11 is 3.34. The molecule has 1 N–H and O–H groups in total. The van der Waals surface area contributed by atoms with Crippen molar-refractivity contribution in [2.45, 2.75) is 32.8 Å². The summed E-state index contributed by atoms with van der Waals surface area (Å²) in [5, 5.41) is 1.10.